The third-order valence-corrected chi connectivity index (χ3v) is 6.92. The lowest BCUT2D eigenvalue weighted by Gasteiger charge is -2.17. The number of hydrogen-bond acceptors (Lipinski definition) is 9. The Kier molecular flexibility index (Phi) is 10.4. The number of fused-ring (bicyclic) bond motifs is 1. The molecule has 0 bridgehead atoms. The van der Waals surface area contributed by atoms with E-state index in [1.54, 1.807) is 28.0 Å². The van der Waals surface area contributed by atoms with Crippen LogP contribution in [0.4, 0.5) is 11.6 Å². The molecule has 1 amide bonds. The maximum atomic E-state index is 10.6. The molecule has 4 aromatic rings. The summed E-state index contributed by atoms with van der Waals surface area (Å²) in [6.07, 6.45) is 10.7. The standard InChI is InChI=1S/C19H22N6.C7H12N4O.C4H8O.2H2/c1-13-5-7-20-10-15-9-14(3-4-17(13)15)18-6-8-21-19(24-18)23-16-11-22-25(2)12-16;1-7(2,3)11-4-5(6(8)12)9-10-11;1-2-4-5-3-1;;/h3-4,6,8-9,11-13,20H,5,7,10H2,1-2H3,(H,21,23,24);4H,1-3H3,(H2,8,12);1-4H2;2*1H/t13-;;;;/m1..../s1. The van der Waals surface area contributed by atoms with E-state index in [2.05, 4.69) is 61.1 Å². The average Bonchev–Trinajstić information content (AvgIpc) is 3.74. The van der Waals surface area contributed by atoms with Gasteiger partial charge in [-0.15, -0.1) is 5.10 Å². The minimum atomic E-state index is -0.550. The summed E-state index contributed by atoms with van der Waals surface area (Å²) in [5, 5.41) is 18.2. The molecule has 1 fully saturated rings. The Morgan fingerprint density at radius 2 is 1.98 bits per heavy atom. The van der Waals surface area contributed by atoms with E-state index in [-0.39, 0.29) is 14.1 Å². The number of nitrogens with zero attached hydrogens (tertiary/aromatic N) is 7. The molecule has 0 unspecified atom stereocenters. The number of anilines is 2. The Hall–Kier alpha value is -4.16. The van der Waals surface area contributed by atoms with Crippen molar-refractivity contribution in [1.29, 1.82) is 0 Å². The lowest BCUT2D eigenvalue weighted by Crippen LogP contribution is -2.22. The molecular weight excluding hydrogens is 532 g/mol. The minimum Gasteiger partial charge on any atom is -0.381 e. The van der Waals surface area contributed by atoms with Crippen molar-refractivity contribution in [2.24, 2.45) is 12.8 Å². The van der Waals surface area contributed by atoms with Gasteiger partial charge in [0.2, 0.25) is 5.95 Å². The van der Waals surface area contributed by atoms with Crippen LogP contribution in [0.15, 0.2) is 49.1 Å². The number of benzene rings is 1. The summed E-state index contributed by atoms with van der Waals surface area (Å²) in [4.78, 5) is 19.6. The second-order valence-electron chi connectivity index (χ2n) is 11.5. The first-order valence-electron chi connectivity index (χ1n) is 14.3. The van der Waals surface area contributed by atoms with Gasteiger partial charge in [0, 0.05) is 47.6 Å². The van der Waals surface area contributed by atoms with Gasteiger partial charge >= 0.3 is 0 Å². The van der Waals surface area contributed by atoms with Crippen LogP contribution in [0.1, 0.15) is 77.3 Å². The predicted molar refractivity (Wildman–Crippen MR) is 167 cm³/mol. The molecule has 2 aliphatic heterocycles. The molecule has 4 N–H and O–H groups in total. The first kappa shape index (κ1) is 30.8. The summed E-state index contributed by atoms with van der Waals surface area (Å²) in [6, 6.07) is 8.61. The van der Waals surface area contributed by atoms with Crippen LogP contribution in [0.25, 0.3) is 11.3 Å². The molecule has 3 aromatic heterocycles. The second kappa shape index (κ2) is 14.1. The van der Waals surface area contributed by atoms with Crippen molar-refractivity contribution in [3.05, 3.63) is 65.9 Å². The van der Waals surface area contributed by atoms with E-state index in [0.29, 0.717) is 11.9 Å². The molecular formula is C30H46N10O2. The van der Waals surface area contributed by atoms with Crippen molar-refractivity contribution in [1.82, 2.24) is 40.1 Å². The zero-order chi connectivity index (χ0) is 30.1. The van der Waals surface area contributed by atoms with Crippen LogP contribution >= 0.6 is 0 Å². The van der Waals surface area contributed by atoms with E-state index in [1.807, 2.05) is 40.1 Å². The van der Waals surface area contributed by atoms with Gasteiger partial charge in [-0.05, 0) is 75.8 Å². The lowest BCUT2D eigenvalue weighted by molar-refractivity contribution is 0.0995. The van der Waals surface area contributed by atoms with Crippen LogP contribution in [-0.2, 0) is 23.9 Å². The first-order chi connectivity index (χ1) is 20.1. The molecule has 12 heteroatoms. The fraction of sp³-hybridized carbons (Fsp3) is 0.467. The van der Waals surface area contributed by atoms with Gasteiger partial charge in [0.1, 0.15) is 0 Å². The van der Waals surface area contributed by atoms with Gasteiger partial charge in [-0.2, -0.15) is 5.10 Å². The maximum absolute atomic E-state index is 10.6. The van der Waals surface area contributed by atoms with E-state index in [9.17, 15) is 4.79 Å². The molecule has 12 nitrogen and oxygen atoms in total. The summed E-state index contributed by atoms with van der Waals surface area (Å²) >= 11 is 0. The van der Waals surface area contributed by atoms with Crippen LogP contribution in [0.5, 0.6) is 0 Å². The fourth-order valence-corrected chi connectivity index (χ4v) is 4.51. The topological polar surface area (TPSA) is 151 Å². The first-order valence-corrected chi connectivity index (χ1v) is 14.3. The summed E-state index contributed by atoms with van der Waals surface area (Å²) in [6.45, 7) is 12.2. The van der Waals surface area contributed by atoms with Crippen molar-refractivity contribution in [3.63, 3.8) is 0 Å². The molecule has 0 spiro atoms. The number of carbonyl (C=O) groups excluding carboxylic acids is 1. The molecule has 1 aromatic carbocycles. The zero-order valence-electron chi connectivity index (χ0n) is 25.2. The number of ether oxygens (including phenoxy) is 1. The van der Waals surface area contributed by atoms with E-state index in [1.165, 1.54) is 30.4 Å². The van der Waals surface area contributed by atoms with Crippen LogP contribution in [0.2, 0.25) is 0 Å². The number of nitrogens with two attached hydrogens (primary N) is 1. The van der Waals surface area contributed by atoms with Crippen molar-refractivity contribution >= 4 is 17.5 Å². The molecule has 42 heavy (non-hydrogen) atoms. The molecule has 1 saturated heterocycles. The SMILES string of the molecule is C1CCOC1.CC(C)(C)n1cc(C(N)=O)nn1.C[C@@H]1CCNCc2cc(-c3ccnc(Nc4cnn(C)c4)n3)ccc21.[HH].[HH]. The van der Waals surface area contributed by atoms with E-state index in [4.69, 9.17) is 10.5 Å². The predicted octanol–water partition coefficient (Wildman–Crippen LogP) is 4.64. The fourth-order valence-electron chi connectivity index (χ4n) is 4.51. The van der Waals surface area contributed by atoms with Crippen LogP contribution in [0, 0.1) is 0 Å². The van der Waals surface area contributed by atoms with Crippen molar-refractivity contribution in [2.75, 3.05) is 25.1 Å². The van der Waals surface area contributed by atoms with E-state index >= 15 is 0 Å². The maximum Gasteiger partial charge on any atom is 0.270 e. The summed E-state index contributed by atoms with van der Waals surface area (Å²) < 4.78 is 8.29. The third kappa shape index (κ3) is 8.67. The number of carbonyl (C=O) groups is 1. The molecule has 6 rings (SSSR count). The average molecular weight is 579 g/mol. The van der Waals surface area contributed by atoms with Gasteiger partial charge in [-0.25, -0.2) is 14.6 Å². The van der Waals surface area contributed by atoms with Crippen molar-refractivity contribution in [2.45, 2.75) is 65.0 Å². The Bertz CT molecular complexity index is 1460. The number of aromatic nitrogens is 7. The normalized spacial score (nSPS) is 16.3. The highest BCUT2D eigenvalue weighted by molar-refractivity contribution is 5.90. The molecule has 1 atom stereocenters. The highest BCUT2D eigenvalue weighted by Crippen LogP contribution is 2.29. The van der Waals surface area contributed by atoms with Gasteiger partial charge in [0.05, 0.1) is 29.3 Å². The highest BCUT2D eigenvalue weighted by atomic mass is 16.5. The second-order valence-corrected chi connectivity index (χ2v) is 11.5. The Morgan fingerprint density at radius 3 is 2.57 bits per heavy atom. The van der Waals surface area contributed by atoms with Crippen LogP contribution < -0.4 is 16.4 Å². The highest BCUT2D eigenvalue weighted by Gasteiger charge is 2.17. The van der Waals surface area contributed by atoms with Crippen LogP contribution in [-0.4, -0.2) is 60.4 Å². The Labute approximate surface area is 250 Å². The Morgan fingerprint density at radius 1 is 1.19 bits per heavy atom. The zero-order valence-corrected chi connectivity index (χ0v) is 25.2. The molecule has 0 aliphatic carbocycles. The number of rotatable bonds is 4. The van der Waals surface area contributed by atoms with Gasteiger partial charge in [-0.1, -0.05) is 24.3 Å². The summed E-state index contributed by atoms with van der Waals surface area (Å²) in [7, 11) is 1.88. The van der Waals surface area contributed by atoms with Gasteiger partial charge in [0.15, 0.2) is 5.69 Å². The van der Waals surface area contributed by atoms with Crippen molar-refractivity contribution < 1.29 is 12.4 Å². The largest absolute Gasteiger partial charge is 0.381 e. The van der Waals surface area contributed by atoms with Gasteiger partial charge < -0.3 is 21.1 Å². The minimum absolute atomic E-state index is 0. The molecule has 0 radical (unpaired) electrons. The summed E-state index contributed by atoms with van der Waals surface area (Å²) in [5.41, 5.74) is 10.8. The smallest absolute Gasteiger partial charge is 0.270 e. The molecule has 2 aliphatic rings. The number of aryl methyl sites for hydroxylation is 1. The quantitative estimate of drug-likeness (QED) is 0.315. The van der Waals surface area contributed by atoms with E-state index < -0.39 is 5.91 Å². The van der Waals surface area contributed by atoms with Crippen LogP contribution in [0.3, 0.4) is 0 Å². The third-order valence-electron chi connectivity index (χ3n) is 6.92. The van der Waals surface area contributed by atoms with Gasteiger partial charge in [-0.3, -0.25) is 9.48 Å². The van der Waals surface area contributed by atoms with Crippen molar-refractivity contribution in [3.8, 4) is 11.3 Å². The molecule has 228 valence electrons. The molecule has 5 heterocycles. The monoisotopic (exact) mass is 578 g/mol. The Balaban J connectivity index is 0.000000297. The van der Waals surface area contributed by atoms with E-state index in [0.717, 1.165) is 43.2 Å². The van der Waals surface area contributed by atoms with Gasteiger partial charge in [0.25, 0.3) is 5.91 Å². The number of nitrogens with one attached hydrogen (secondary N) is 2. The lowest BCUT2D eigenvalue weighted by atomic mass is 9.92. The number of primary amides is 1. The number of hydrogen-bond donors (Lipinski definition) is 3. The summed E-state index contributed by atoms with van der Waals surface area (Å²) in [5.74, 6) is 0.615. The molecule has 0 saturated carbocycles. The number of amides is 1.